The van der Waals surface area contributed by atoms with Crippen LogP contribution in [0.3, 0.4) is 0 Å². The molecular weight excluding hydrogens is 350 g/mol. The maximum atomic E-state index is 12.7. The van der Waals surface area contributed by atoms with Gasteiger partial charge < -0.3 is 9.88 Å². The summed E-state index contributed by atoms with van der Waals surface area (Å²) in [6.45, 7) is 5.74. The van der Waals surface area contributed by atoms with Crippen LogP contribution in [0.2, 0.25) is 0 Å². The molecule has 28 heavy (non-hydrogen) atoms. The zero-order chi connectivity index (χ0) is 19.1. The van der Waals surface area contributed by atoms with Gasteiger partial charge in [0.2, 0.25) is 0 Å². The lowest BCUT2D eigenvalue weighted by Crippen LogP contribution is -2.44. The third-order valence-corrected chi connectivity index (χ3v) is 6.15. The molecule has 0 aliphatic carbocycles. The number of piperidine rings is 1. The van der Waals surface area contributed by atoms with E-state index >= 15 is 0 Å². The highest BCUT2D eigenvalue weighted by Gasteiger charge is 2.35. The van der Waals surface area contributed by atoms with Gasteiger partial charge in [0, 0.05) is 55.7 Å². The molecule has 0 amide bonds. The van der Waals surface area contributed by atoms with E-state index in [0.29, 0.717) is 18.5 Å². The topological polar surface area (TPSA) is 65.1 Å². The van der Waals surface area contributed by atoms with Gasteiger partial charge in [-0.15, -0.1) is 0 Å². The van der Waals surface area contributed by atoms with Crippen LogP contribution in [-0.4, -0.2) is 45.5 Å². The Morgan fingerprint density at radius 1 is 1.14 bits per heavy atom. The number of aromatic nitrogens is 3. The third kappa shape index (κ3) is 3.29. The van der Waals surface area contributed by atoms with Gasteiger partial charge in [0.1, 0.15) is 5.82 Å². The van der Waals surface area contributed by atoms with E-state index in [9.17, 15) is 4.79 Å². The van der Waals surface area contributed by atoms with E-state index in [4.69, 9.17) is 0 Å². The number of hydrogen-bond donors (Lipinski definition) is 1. The number of anilines is 1. The minimum atomic E-state index is 0.0315. The van der Waals surface area contributed by atoms with Crippen molar-refractivity contribution in [2.24, 2.45) is 5.92 Å². The van der Waals surface area contributed by atoms with E-state index in [2.05, 4.69) is 43.0 Å². The van der Waals surface area contributed by atoms with Crippen LogP contribution in [0.15, 0.2) is 47.7 Å². The monoisotopic (exact) mass is 375 g/mol. The summed E-state index contributed by atoms with van der Waals surface area (Å²) in [7, 11) is 0. The summed E-state index contributed by atoms with van der Waals surface area (Å²) in [6.07, 6.45) is 7.74. The number of aryl methyl sites for hydroxylation is 1. The lowest BCUT2D eigenvalue weighted by Gasteiger charge is -2.35. The third-order valence-electron chi connectivity index (χ3n) is 6.15. The van der Waals surface area contributed by atoms with Gasteiger partial charge in [-0.25, -0.2) is 4.98 Å². The number of benzene rings is 1. The number of nitrogens with zero attached hydrogens (tertiary/aromatic N) is 4. The van der Waals surface area contributed by atoms with Crippen molar-refractivity contribution in [3.05, 3.63) is 64.3 Å². The fraction of sp³-hybridized carbons (Fsp3) is 0.409. The standard InChI is InChI=1S/C22H25N5O/c1-15-2-4-17-9-18(22(28)25-20(17)8-15)13-26-11-16-3-5-19(26)14-27(12-16)21-10-23-6-7-24-21/h2,4,6-10,16,19H,3,5,11-14H2,1H3,(H,25,28)/t16-,19-/m1/s1. The van der Waals surface area contributed by atoms with Gasteiger partial charge in [0.25, 0.3) is 5.56 Å². The summed E-state index contributed by atoms with van der Waals surface area (Å²) in [5, 5.41) is 1.10. The zero-order valence-electron chi connectivity index (χ0n) is 16.1. The van der Waals surface area contributed by atoms with Gasteiger partial charge >= 0.3 is 0 Å². The number of pyridine rings is 1. The van der Waals surface area contributed by atoms with Gasteiger partial charge in [-0.2, -0.15) is 0 Å². The summed E-state index contributed by atoms with van der Waals surface area (Å²) < 4.78 is 0. The first-order valence-electron chi connectivity index (χ1n) is 10.0. The molecule has 3 aromatic rings. The number of hydrogen-bond acceptors (Lipinski definition) is 5. The molecule has 3 aliphatic heterocycles. The van der Waals surface area contributed by atoms with Crippen molar-refractivity contribution >= 4 is 16.7 Å². The summed E-state index contributed by atoms with van der Waals surface area (Å²) >= 11 is 0. The highest BCUT2D eigenvalue weighted by atomic mass is 16.1. The van der Waals surface area contributed by atoms with E-state index in [1.807, 2.05) is 19.2 Å². The van der Waals surface area contributed by atoms with Crippen LogP contribution in [0.1, 0.15) is 24.0 Å². The fourth-order valence-corrected chi connectivity index (χ4v) is 4.71. The Bertz CT molecular complexity index is 1050. The normalized spacial score (nSPS) is 22.5. The van der Waals surface area contributed by atoms with Crippen LogP contribution >= 0.6 is 0 Å². The molecule has 6 heteroatoms. The molecule has 0 unspecified atom stereocenters. The highest BCUT2D eigenvalue weighted by molar-refractivity contribution is 5.79. The largest absolute Gasteiger partial charge is 0.353 e. The Kier molecular flexibility index (Phi) is 4.36. The van der Waals surface area contributed by atoms with Crippen LogP contribution in [0, 0.1) is 12.8 Å². The zero-order valence-corrected chi connectivity index (χ0v) is 16.1. The minimum Gasteiger partial charge on any atom is -0.353 e. The Hall–Kier alpha value is -2.73. The van der Waals surface area contributed by atoms with E-state index in [-0.39, 0.29) is 5.56 Å². The highest BCUT2D eigenvalue weighted by Crippen LogP contribution is 2.30. The Balaban J connectivity index is 1.40. The molecule has 0 spiro atoms. The van der Waals surface area contributed by atoms with E-state index in [0.717, 1.165) is 47.5 Å². The Labute approximate surface area is 164 Å². The number of aromatic amines is 1. The average molecular weight is 375 g/mol. The van der Waals surface area contributed by atoms with Crippen LogP contribution in [-0.2, 0) is 6.54 Å². The van der Waals surface area contributed by atoms with Crippen molar-refractivity contribution in [2.45, 2.75) is 32.4 Å². The van der Waals surface area contributed by atoms with Gasteiger partial charge in [-0.3, -0.25) is 14.7 Å². The molecule has 144 valence electrons. The maximum absolute atomic E-state index is 12.7. The van der Waals surface area contributed by atoms with Crippen LogP contribution in [0.4, 0.5) is 5.82 Å². The first kappa shape index (κ1) is 17.4. The predicted octanol–water partition coefficient (Wildman–Crippen LogP) is 2.73. The molecule has 5 heterocycles. The predicted molar refractivity (Wildman–Crippen MR) is 110 cm³/mol. The molecule has 2 bridgehead atoms. The van der Waals surface area contributed by atoms with Gasteiger partial charge in [-0.05, 0) is 48.8 Å². The number of H-pyrrole nitrogens is 1. The van der Waals surface area contributed by atoms with Gasteiger partial charge in [-0.1, -0.05) is 12.1 Å². The molecule has 2 aromatic heterocycles. The van der Waals surface area contributed by atoms with Crippen molar-refractivity contribution in [1.29, 1.82) is 0 Å². The fourth-order valence-electron chi connectivity index (χ4n) is 4.71. The van der Waals surface area contributed by atoms with E-state index < -0.39 is 0 Å². The molecule has 3 saturated heterocycles. The quantitative estimate of drug-likeness (QED) is 0.763. The van der Waals surface area contributed by atoms with Crippen molar-refractivity contribution in [3.8, 4) is 0 Å². The summed E-state index contributed by atoms with van der Waals surface area (Å²) in [5.74, 6) is 1.56. The van der Waals surface area contributed by atoms with Crippen molar-refractivity contribution in [1.82, 2.24) is 19.9 Å². The molecule has 3 aliphatic rings. The van der Waals surface area contributed by atoms with Crippen LogP contribution in [0.5, 0.6) is 0 Å². The molecule has 1 N–H and O–H groups in total. The first-order valence-corrected chi connectivity index (χ1v) is 10.0. The lowest BCUT2D eigenvalue weighted by atomic mass is 9.94. The lowest BCUT2D eigenvalue weighted by molar-refractivity contribution is 0.126. The Morgan fingerprint density at radius 2 is 2.07 bits per heavy atom. The second-order valence-corrected chi connectivity index (χ2v) is 8.21. The maximum Gasteiger partial charge on any atom is 0.252 e. The summed E-state index contributed by atoms with van der Waals surface area (Å²) in [5.41, 5.74) is 2.96. The van der Waals surface area contributed by atoms with Crippen molar-refractivity contribution in [3.63, 3.8) is 0 Å². The molecule has 0 radical (unpaired) electrons. The van der Waals surface area contributed by atoms with Gasteiger partial charge in [0.05, 0.1) is 6.20 Å². The second-order valence-electron chi connectivity index (χ2n) is 8.21. The number of nitrogens with one attached hydrogen (secondary N) is 1. The molecule has 6 rings (SSSR count). The minimum absolute atomic E-state index is 0.0315. The first-order chi connectivity index (χ1) is 13.7. The van der Waals surface area contributed by atoms with Crippen LogP contribution < -0.4 is 10.5 Å². The van der Waals surface area contributed by atoms with E-state index in [1.165, 1.54) is 12.8 Å². The summed E-state index contributed by atoms with van der Waals surface area (Å²) in [6, 6.07) is 8.72. The van der Waals surface area contributed by atoms with E-state index in [1.54, 1.807) is 12.4 Å². The van der Waals surface area contributed by atoms with Crippen molar-refractivity contribution in [2.75, 3.05) is 24.5 Å². The second kappa shape index (κ2) is 7.02. The Morgan fingerprint density at radius 3 is 2.93 bits per heavy atom. The molecular formula is C22H25N5O. The number of rotatable bonds is 3. The smallest absolute Gasteiger partial charge is 0.252 e. The molecule has 0 saturated carbocycles. The molecule has 1 aromatic carbocycles. The van der Waals surface area contributed by atoms with Gasteiger partial charge in [0.15, 0.2) is 0 Å². The summed E-state index contributed by atoms with van der Waals surface area (Å²) in [4.78, 5) is 29.3. The molecule has 3 fully saturated rings. The number of fused-ring (bicyclic) bond motifs is 5. The molecule has 2 atom stereocenters. The molecule has 6 nitrogen and oxygen atoms in total. The van der Waals surface area contributed by atoms with Crippen LogP contribution in [0.25, 0.3) is 10.9 Å². The SMILES string of the molecule is Cc1ccc2cc(CN3C[C@H]4CC[C@@H]3CN(c3cnccn3)C4)c(=O)[nH]c2c1. The van der Waals surface area contributed by atoms with Crippen molar-refractivity contribution < 1.29 is 0 Å². The average Bonchev–Trinajstić information content (AvgIpc) is 3.01.